The van der Waals surface area contributed by atoms with Gasteiger partial charge in [0, 0.05) is 18.0 Å². The van der Waals surface area contributed by atoms with E-state index in [0.29, 0.717) is 19.8 Å². The van der Waals surface area contributed by atoms with Crippen LogP contribution in [0.3, 0.4) is 0 Å². The van der Waals surface area contributed by atoms with Crippen LogP contribution >= 0.6 is 27.3 Å². The van der Waals surface area contributed by atoms with Crippen LogP contribution in [-0.2, 0) is 11.3 Å². The second-order valence-corrected chi connectivity index (χ2v) is 6.24. The Morgan fingerprint density at radius 1 is 1.60 bits per heavy atom. The van der Waals surface area contributed by atoms with E-state index in [-0.39, 0.29) is 5.41 Å². The lowest BCUT2D eigenvalue weighted by Gasteiger charge is -2.35. The van der Waals surface area contributed by atoms with Crippen molar-refractivity contribution in [2.45, 2.75) is 6.54 Å². The third-order valence-electron chi connectivity index (χ3n) is 2.39. The van der Waals surface area contributed by atoms with Crippen molar-refractivity contribution >= 4 is 27.3 Å². The van der Waals surface area contributed by atoms with Gasteiger partial charge in [0.1, 0.15) is 5.41 Å². The van der Waals surface area contributed by atoms with E-state index in [9.17, 15) is 0 Å². The van der Waals surface area contributed by atoms with Crippen molar-refractivity contribution in [1.29, 1.82) is 5.26 Å². The Morgan fingerprint density at radius 2 is 2.40 bits per heavy atom. The van der Waals surface area contributed by atoms with Crippen LogP contribution in [0.2, 0.25) is 0 Å². The summed E-state index contributed by atoms with van der Waals surface area (Å²) in [5.41, 5.74) is -0.283. The summed E-state index contributed by atoms with van der Waals surface area (Å²) in [5, 5.41) is 12.3. The van der Waals surface area contributed by atoms with Gasteiger partial charge in [-0.3, -0.25) is 0 Å². The lowest BCUT2D eigenvalue weighted by molar-refractivity contribution is -0.0755. The highest BCUT2D eigenvalue weighted by Crippen LogP contribution is 2.26. The normalized spacial score (nSPS) is 18.1. The molecule has 0 amide bonds. The van der Waals surface area contributed by atoms with Gasteiger partial charge in [-0.2, -0.15) is 5.26 Å². The Hall–Kier alpha value is -0.410. The molecule has 1 aliphatic rings. The monoisotopic (exact) mass is 286 g/mol. The largest absolute Gasteiger partial charge is 0.378 e. The van der Waals surface area contributed by atoms with Crippen LogP contribution in [-0.4, -0.2) is 19.8 Å². The van der Waals surface area contributed by atoms with Gasteiger partial charge in [0.15, 0.2) is 0 Å². The molecule has 0 saturated carbocycles. The summed E-state index contributed by atoms with van der Waals surface area (Å²) in [6.07, 6.45) is 0. The fourth-order valence-electron chi connectivity index (χ4n) is 1.43. The molecule has 0 aliphatic carbocycles. The average Bonchev–Trinajstić information content (AvgIpc) is 2.56. The minimum atomic E-state index is -0.283. The topological polar surface area (TPSA) is 45.0 Å². The van der Waals surface area contributed by atoms with E-state index in [1.807, 2.05) is 6.07 Å². The van der Waals surface area contributed by atoms with Crippen molar-refractivity contribution in [3.63, 3.8) is 0 Å². The molecule has 0 atom stereocenters. The zero-order chi connectivity index (χ0) is 10.7. The van der Waals surface area contributed by atoms with E-state index in [1.54, 1.807) is 11.3 Å². The Morgan fingerprint density at radius 3 is 2.87 bits per heavy atom. The molecule has 80 valence electrons. The molecule has 0 aromatic carbocycles. The molecule has 1 aromatic heterocycles. The molecule has 0 radical (unpaired) electrons. The predicted octanol–water partition coefficient (Wildman–Crippen LogP) is 2.14. The number of hydrogen-bond acceptors (Lipinski definition) is 4. The van der Waals surface area contributed by atoms with Crippen LogP contribution in [0.25, 0.3) is 0 Å². The number of halogens is 1. The van der Waals surface area contributed by atoms with Crippen molar-refractivity contribution in [1.82, 2.24) is 5.32 Å². The molecule has 1 saturated heterocycles. The van der Waals surface area contributed by atoms with Crippen molar-refractivity contribution in [3.8, 4) is 6.07 Å². The summed E-state index contributed by atoms with van der Waals surface area (Å²) in [6.45, 7) is 2.65. The second-order valence-electron chi connectivity index (χ2n) is 3.69. The lowest BCUT2D eigenvalue weighted by Crippen LogP contribution is -2.48. The van der Waals surface area contributed by atoms with Gasteiger partial charge in [-0.05, 0) is 28.1 Å². The molecule has 5 heteroatoms. The van der Waals surface area contributed by atoms with E-state index in [0.717, 1.165) is 10.3 Å². The Balaban J connectivity index is 1.78. The molecule has 0 bridgehead atoms. The minimum absolute atomic E-state index is 0.283. The number of thiophene rings is 1. The Kier molecular flexibility index (Phi) is 3.42. The van der Waals surface area contributed by atoms with Crippen LogP contribution < -0.4 is 5.32 Å². The van der Waals surface area contributed by atoms with Crippen LogP contribution in [0.5, 0.6) is 0 Å². The summed E-state index contributed by atoms with van der Waals surface area (Å²) in [6, 6.07) is 6.43. The first-order valence-corrected chi connectivity index (χ1v) is 6.29. The van der Waals surface area contributed by atoms with E-state index < -0.39 is 0 Å². The number of hydrogen-bond donors (Lipinski definition) is 1. The van der Waals surface area contributed by atoms with Gasteiger partial charge < -0.3 is 10.1 Å². The predicted molar refractivity (Wildman–Crippen MR) is 62.6 cm³/mol. The van der Waals surface area contributed by atoms with E-state index in [2.05, 4.69) is 33.4 Å². The zero-order valence-electron chi connectivity index (χ0n) is 8.12. The zero-order valence-corrected chi connectivity index (χ0v) is 10.5. The van der Waals surface area contributed by atoms with Crippen molar-refractivity contribution in [2.24, 2.45) is 5.41 Å². The summed E-state index contributed by atoms with van der Waals surface area (Å²) < 4.78 is 6.21. The molecule has 1 aliphatic heterocycles. The molecule has 2 rings (SSSR count). The summed E-state index contributed by atoms with van der Waals surface area (Å²) in [7, 11) is 0. The third kappa shape index (κ3) is 2.58. The van der Waals surface area contributed by atoms with Crippen molar-refractivity contribution in [2.75, 3.05) is 19.8 Å². The van der Waals surface area contributed by atoms with E-state index >= 15 is 0 Å². The standard InChI is InChI=1S/C10H11BrN2OS/c11-9-2-1-8(15-9)3-13-5-10(4-12)6-14-7-10/h1-2,13H,3,5-7H2. The summed E-state index contributed by atoms with van der Waals surface area (Å²) in [4.78, 5) is 1.27. The van der Waals surface area contributed by atoms with Crippen LogP contribution in [0.4, 0.5) is 0 Å². The first-order valence-electron chi connectivity index (χ1n) is 4.68. The van der Waals surface area contributed by atoms with Crippen LogP contribution in [0.1, 0.15) is 4.88 Å². The van der Waals surface area contributed by atoms with Crippen molar-refractivity contribution in [3.05, 3.63) is 20.8 Å². The van der Waals surface area contributed by atoms with E-state index in [1.165, 1.54) is 4.88 Å². The highest BCUT2D eigenvalue weighted by atomic mass is 79.9. The molecular formula is C10H11BrN2OS. The summed E-state index contributed by atoms with van der Waals surface area (Å²) >= 11 is 5.13. The molecular weight excluding hydrogens is 276 g/mol. The first-order chi connectivity index (χ1) is 7.24. The molecule has 1 N–H and O–H groups in total. The summed E-state index contributed by atoms with van der Waals surface area (Å²) in [5.74, 6) is 0. The molecule has 0 spiro atoms. The third-order valence-corrected chi connectivity index (χ3v) is 4.01. The molecule has 15 heavy (non-hydrogen) atoms. The van der Waals surface area contributed by atoms with E-state index in [4.69, 9.17) is 10.00 Å². The second kappa shape index (κ2) is 4.62. The van der Waals surface area contributed by atoms with Gasteiger partial charge in [0.25, 0.3) is 0 Å². The Bertz CT molecular complexity index is 381. The quantitative estimate of drug-likeness (QED) is 0.922. The average molecular weight is 287 g/mol. The maximum Gasteiger partial charge on any atom is 0.116 e. The van der Waals surface area contributed by atoms with Gasteiger partial charge in [0.2, 0.25) is 0 Å². The highest BCUT2D eigenvalue weighted by molar-refractivity contribution is 9.11. The minimum Gasteiger partial charge on any atom is -0.378 e. The fraction of sp³-hybridized carbons (Fsp3) is 0.500. The number of nitriles is 1. The van der Waals surface area contributed by atoms with Gasteiger partial charge >= 0.3 is 0 Å². The maximum atomic E-state index is 8.96. The van der Waals surface area contributed by atoms with Gasteiger partial charge in [-0.1, -0.05) is 0 Å². The highest BCUT2D eigenvalue weighted by Gasteiger charge is 2.38. The molecule has 0 unspecified atom stereocenters. The lowest BCUT2D eigenvalue weighted by atomic mass is 9.88. The van der Waals surface area contributed by atoms with Crippen molar-refractivity contribution < 1.29 is 4.74 Å². The number of nitrogens with zero attached hydrogens (tertiary/aromatic N) is 1. The molecule has 1 fully saturated rings. The number of rotatable bonds is 4. The Labute approximate surface area is 101 Å². The molecule has 2 heterocycles. The molecule has 3 nitrogen and oxygen atoms in total. The SMILES string of the molecule is N#CC1(CNCc2ccc(Br)s2)COC1. The smallest absolute Gasteiger partial charge is 0.116 e. The van der Waals surface area contributed by atoms with Gasteiger partial charge in [-0.15, -0.1) is 11.3 Å². The number of ether oxygens (including phenoxy) is 1. The van der Waals surface area contributed by atoms with Crippen LogP contribution in [0.15, 0.2) is 15.9 Å². The van der Waals surface area contributed by atoms with Crippen LogP contribution in [0, 0.1) is 16.7 Å². The van der Waals surface area contributed by atoms with Gasteiger partial charge in [0.05, 0.1) is 23.1 Å². The first kappa shape index (κ1) is 11.1. The molecule has 1 aromatic rings. The fourth-order valence-corrected chi connectivity index (χ4v) is 2.88. The number of nitrogens with one attached hydrogen (secondary N) is 1. The maximum absolute atomic E-state index is 8.96. The van der Waals surface area contributed by atoms with Gasteiger partial charge in [-0.25, -0.2) is 0 Å².